The van der Waals surface area contributed by atoms with Gasteiger partial charge in [0.1, 0.15) is 0 Å². The molecule has 1 aliphatic heterocycles. The van der Waals surface area contributed by atoms with Gasteiger partial charge in [-0.1, -0.05) is 49.1 Å². The van der Waals surface area contributed by atoms with Gasteiger partial charge in [0, 0.05) is 24.0 Å². The Morgan fingerprint density at radius 1 is 1.29 bits per heavy atom. The van der Waals surface area contributed by atoms with Crippen molar-refractivity contribution in [2.24, 2.45) is 17.6 Å². The molecule has 3 unspecified atom stereocenters. The average molecular weight is 344 g/mol. The van der Waals surface area contributed by atoms with Gasteiger partial charge in [-0.2, -0.15) is 0 Å². The maximum absolute atomic E-state index is 13.0. The topological polar surface area (TPSA) is 43.1 Å². The Morgan fingerprint density at radius 2 is 2.08 bits per heavy atom. The highest BCUT2D eigenvalue weighted by Crippen LogP contribution is 2.48. The number of thioether (sulfide) groups is 1. The minimum atomic E-state index is 0.0596. The Labute approximate surface area is 150 Å². The van der Waals surface area contributed by atoms with E-state index in [1.165, 1.54) is 21.6 Å². The number of Topliss-reactive ketones (excluding diaryl/α,β-unsaturated/α-hetero) is 1. The Kier molecular flexibility index (Phi) is 5.51. The number of carbonyl (C=O) groups is 1. The lowest BCUT2D eigenvalue weighted by molar-refractivity contribution is -0.117. The van der Waals surface area contributed by atoms with Crippen molar-refractivity contribution in [3.63, 3.8) is 0 Å². The molecule has 2 aliphatic carbocycles. The monoisotopic (exact) mass is 343 g/mol. The van der Waals surface area contributed by atoms with E-state index in [4.69, 9.17) is 5.73 Å². The number of nitrogens with two attached hydrogens (primary N) is 1. The summed E-state index contributed by atoms with van der Waals surface area (Å²) in [5.41, 5.74) is 11.7. The third-order valence-electron chi connectivity index (χ3n) is 5.54. The smallest absolute Gasteiger partial charge is 0.160 e. The number of carbonyl (C=O) groups excluding carboxylic acids is 1. The number of ketones is 1. The zero-order valence-electron chi connectivity index (χ0n) is 15.1. The molecule has 24 heavy (non-hydrogen) atoms. The molecule has 2 nitrogen and oxygen atoms in total. The predicted molar refractivity (Wildman–Crippen MR) is 104 cm³/mol. The normalized spacial score (nSPS) is 31.1. The van der Waals surface area contributed by atoms with E-state index in [2.05, 4.69) is 38.3 Å². The molecule has 2 N–H and O–H groups in total. The first kappa shape index (κ1) is 17.8. The first-order valence-corrected chi connectivity index (χ1v) is 10.1. The molecule has 1 heterocycles. The number of allylic oxidation sites excluding steroid dienone is 5. The molecular formula is C21H29NOS. The van der Waals surface area contributed by atoms with Gasteiger partial charge in [0.15, 0.2) is 5.78 Å². The van der Waals surface area contributed by atoms with Gasteiger partial charge in [-0.05, 0) is 48.8 Å². The van der Waals surface area contributed by atoms with E-state index < -0.39 is 0 Å². The van der Waals surface area contributed by atoms with Gasteiger partial charge in [0.2, 0.25) is 0 Å². The van der Waals surface area contributed by atoms with Gasteiger partial charge < -0.3 is 5.73 Å². The number of hydrogen-bond acceptors (Lipinski definition) is 3. The van der Waals surface area contributed by atoms with Crippen molar-refractivity contribution in [2.75, 3.05) is 0 Å². The zero-order chi connectivity index (χ0) is 17.3. The maximum Gasteiger partial charge on any atom is 0.160 e. The van der Waals surface area contributed by atoms with Crippen LogP contribution in [0, 0.1) is 11.8 Å². The fourth-order valence-corrected chi connectivity index (χ4v) is 5.32. The van der Waals surface area contributed by atoms with Crippen molar-refractivity contribution in [2.45, 2.75) is 65.3 Å². The first-order chi connectivity index (χ1) is 11.5. The molecule has 0 spiro atoms. The summed E-state index contributed by atoms with van der Waals surface area (Å²) in [6.07, 6.45) is 10.2. The van der Waals surface area contributed by atoms with Gasteiger partial charge in [0.05, 0.1) is 0 Å². The van der Waals surface area contributed by atoms with Crippen LogP contribution in [0.15, 0.2) is 44.8 Å². The van der Waals surface area contributed by atoms with Gasteiger partial charge in [0.25, 0.3) is 0 Å². The summed E-state index contributed by atoms with van der Waals surface area (Å²) in [4.78, 5) is 14.4. The molecular weight excluding hydrogens is 314 g/mol. The van der Waals surface area contributed by atoms with Crippen molar-refractivity contribution < 1.29 is 4.79 Å². The van der Waals surface area contributed by atoms with E-state index in [0.717, 1.165) is 37.7 Å². The molecule has 0 aromatic carbocycles. The highest BCUT2D eigenvalue weighted by molar-refractivity contribution is 8.05. The van der Waals surface area contributed by atoms with Crippen LogP contribution < -0.4 is 5.73 Å². The van der Waals surface area contributed by atoms with Crippen molar-refractivity contribution in [3.05, 3.63) is 44.8 Å². The van der Waals surface area contributed by atoms with Crippen molar-refractivity contribution in [1.29, 1.82) is 0 Å². The molecule has 0 bridgehead atoms. The van der Waals surface area contributed by atoms with Crippen LogP contribution in [0.3, 0.4) is 0 Å². The highest BCUT2D eigenvalue weighted by Gasteiger charge is 2.37. The summed E-state index contributed by atoms with van der Waals surface area (Å²) >= 11 is 1.79. The summed E-state index contributed by atoms with van der Waals surface area (Å²) in [5, 5.41) is 2.18. The minimum absolute atomic E-state index is 0.0596. The fraction of sp³-hybridized carbons (Fsp3) is 0.571. The molecule has 130 valence electrons. The maximum atomic E-state index is 13.0. The summed E-state index contributed by atoms with van der Waals surface area (Å²) in [6.45, 7) is 6.60. The standard InChI is InChI=1S/C21H29NOS/c1-4-7-16-14(3)17(22)12-15-10-13(2)11-18(23)20(15)21(16)19-8-5-6-9-24-19/h6,8-9,13,17,21H,4-5,7,10-12,22H2,1-3H3. The second kappa shape index (κ2) is 7.45. The van der Waals surface area contributed by atoms with Crippen LogP contribution in [-0.2, 0) is 4.79 Å². The molecule has 0 radical (unpaired) electrons. The van der Waals surface area contributed by atoms with E-state index in [1.54, 1.807) is 11.8 Å². The quantitative estimate of drug-likeness (QED) is 0.709. The number of hydrogen-bond donors (Lipinski definition) is 1. The Bertz CT molecular complexity index is 653. The lowest BCUT2D eigenvalue weighted by Gasteiger charge is -2.31. The molecule has 0 fully saturated rings. The Morgan fingerprint density at radius 3 is 2.75 bits per heavy atom. The van der Waals surface area contributed by atoms with E-state index in [1.807, 2.05) is 0 Å². The highest BCUT2D eigenvalue weighted by atomic mass is 32.2. The summed E-state index contributed by atoms with van der Waals surface area (Å²) in [6, 6.07) is 0.0596. The summed E-state index contributed by atoms with van der Waals surface area (Å²) < 4.78 is 0. The third kappa shape index (κ3) is 3.34. The van der Waals surface area contributed by atoms with E-state index in [-0.39, 0.29) is 12.0 Å². The number of rotatable bonds is 3. The van der Waals surface area contributed by atoms with Crippen LogP contribution in [-0.4, -0.2) is 11.8 Å². The zero-order valence-corrected chi connectivity index (χ0v) is 15.9. The van der Waals surface area contributed by atoms with Crippen LogP contribution in [0.2, 0.25) is 0 Å². The van der Waals surface area contributed by atoms with Crippen LogP contribution in [0.5, 0.6) is 0 Å². The molecule has 3 atom stereocenters. The molecule has 0 saturated carbocycles. The minimum Gasteiger partial charge on any atom is -0.324 e. The second-order valence-corrected chi connectivity index (χ2v) is 8.47. The third-order valence-corrected chi connectivity index (χ3v) is 6.54. The summed E-state index contributed by atoms with van der Waals surface area (Å²) in [7, 11) is 0. The van der Waals surface area contributed by atoms with Gasteiger partial charge in [-0.15, -0.1) is 11.8 Å². The second-order valence-electron chi connectivity index (χ2n) is 7.49. The lowest BCUT2D eigenvalue weighted by Crippen LogP contribution is -2.25. The predicted octanol–water partition coefficient (Wildman–Crippen LogP) is 5.28. The van der Waals surface area contributed by atoms with E-state index in [9.17, 15) is 4.79 Å². The molecule has 0 aromatic heterocycles. The van der Waals surface area contributed by atoms with Crippen molar-refractivity contribution in [1.82, 2.24) is 0 Å². The van der Waals surface area contributed by atoms with E-state index >= 15 is 0 Å². The van der Waals surface area contributed by atoms with Gasteiger partial charge in [-0.3, -0.25) is 4.79 Å². The molecule has 3 rings (SSSR count). The fourth-order valence-electron chi connectivity index (χ4n) is 4.37. The molecule has 3 heteroatoms. The van der Waals surface area contributed by atoms with E-state index in [0.29, 0.717) is 18.1 Å². The molecule has 0 saturated heterocycles. The van der Waals surface area contributed by atoms with Crippen LogP contribution >= 0.6 is 11.8 Å². The SMILES string of the molecule is CCCC1=C(C)C(N)CC2=C(C(=O)CC(C)C2)C1C1=CCC=CS1. The molecule has 3 aliphatic rings. The van der Waals surface area contributed by atoms with Crippen molar-refractivity contribution in [3.8, 4) is 0 Å². The van der Waals surface area contributed by atoms with Crippen LogP contribution in [0.4, 0.5) is 0 Å². The molecule has 0 aromatic rings. The Balaban J connectivity index is 2.15. The largest absolute Gasteiger partial charge is 0.324 e. The molecule has 0 amide bonds. The first-order valence-electron chi connectivity index (χ1n) is 9.24. The van der Waals surface area contributed by atoms with Gasteiger partial charge in [-0.25, -0.2) is 0 Å². The lowest BCUT2D eigenvalue weighted by atomic mass is 9.75. The summed E-state index contributed by atoms with van der Waals surface area (Å²) in [5.74, 6) is 0.966. The van der Waals surface area contributed by atoms with Crippen molar-refractivity contribution >= 4 is 17.5 Å². The van der Waals surface area contributed by atoms with Gasteiger partial charge >= 0.3 is 0 Å². The van der Waals surface area contributed by atoms with Crippen LogP contribution in [0.25, 0.3) is 0 Å². The van der Waals surface area contributed by atoms with Crippen LogP contribution in [0.1, 0.15) is 59.3 Å². The Hall–Kier alpha value is -1.06. The average Bonchev–Trinajstić information content (AvgIpc) is 2.65.